The molecule has 2 amide bonds. The summed E-state index contributed by atoms with van der Waals surface area (Å²) in [6, 6.07) is -0.875. The van der Waals surface area contributed by atoms with Crippen molar-refractivity contribution < 1.29 is 18.0 Å². The van der Waals surface area contributed by atoms with Crippen LogP contribution in [0.15, 0.2) is 0 Å². The third-order valence-corrected chi connectivity index (χ3v) is 5.27. The fraction of sp³-hybridized carbons (Fsp3) is 0.857. The van der Waals surface area contributed by atoms with E-state index in [0.29, 0.717) is 0 Å². The molecule has 0 radical (unpaired) electrons. The Labute approximate surface area is 126 Å². The van der Waals surface area contributed by atoms with E-state index < -0.39 is 15.9 Å². The van der Waals surface area contributed by atoms with Gasteiger partial charge in [0.15, 0.2) is 0 Å². The monoisotopic (exact) mass is 316 g/mol. The Bertz CT molecular complexity index is 511. The number of imide groups is 1. The number of hydrogen-bond donors (Lipinski definition) is 1. The molecule has 7 heteroatoms. The minimum Gasteiger partial charge on any atom is -0.302 e. The minimum absolute atomic E-state index is 0.0333. The molecule has 1 aliphatic carbocycles. The number of likely N-dealkylation sites (tertiary alicyclic amines) is 1. The standard InChI is InChI=1S/C14H24N2O4S/c1-10(9-21(2,19)20)15-12-8-13(17)16(14(12)18)11-6-4-3-5-7-11/h10-12,15H,3-9H2,1-2H3. The molecular formula is C14H24N2O4S. The molecule has 1 saturated carbocycles. The lowest BCUT2D eigenvalue weighted by Crippen LogP contribution is -2.47. The molecule has 2 rings (SSSR count). The van der Waals surface area contributed by atoms with Gasteiger partial charge in [0.05, 0.1) is 18.2 Å². The van der Waals surface area contributed by atoms with E-state index in [1.165, 1.54) is 17.6 Å². The number of nitrogens with zero attached hydrogens (tertiary/aromatic N) is 1. The predicted molar refractivity (Wildman–Crippen MR) is 79.4 cm³/mol. The number of carbonyl (C=O) groups is 2. The van der Waals surface area contributed by atoms with E-state index >= 15 is 0 Å². The molecule has 6 nitrogen and oxygen atoms in total. The highest BCUT2D eigenvalue weighted by atomic mass is 32.2. The number of sulfone groups is 1. The SMILES string of the molecule is CC(CS(C)(=O)=O)NC1CC(=O)N(C2CCCCC2)C1=O. The summed E-state index contributed by atoms with van der Waals surface area (Å²) in [5, 5.41) is 2.99. The second-order valence-electron chi connectivity index (χ2n) is 6.31. The van der Waals surface area contributed by atoms with Crippen molar-refractivity contribution in [3.63, 3.8) is 0 Å². The average molecular weight is 316 g/mol. The molecule has 1 N–H and O–H groups in total. The van der Waals surface area contributed by atoms with Crippen LogP contribution in [0.4, 0.5) is 0 Å². The summed E-state index contributed by atoms with van der Waals surface area (Å²) < 4.78 is 22.5. The lowest BCUT2D eigenvalue weighted by atomic mass is 9.94. The van der Waals surface area contributed by atoms with Gasteiger partial charge in [-0.15, -0.1) is 0 Å². The van der Waals surface area contributed by atoms with Gasteiger partial charge in [0, 0.05) is 18.3 Å². The Morgan fingerprint density at radius 1 is 1.24 bits per heavy atom. The minimum atomic E-state index is -3.10. The van der Waals surface area contributed by atoms with Crippen LogP contribution in [0.1, 0.15) is 45.4 Å². The highest BCUT2D eigenvalue weighted by molar-refractivity contribution is 7.90. The normalized spacial score (nSPS) is 26.4. The molecule has 2 unspecified atom stereocenters. The van der Waals surface area contributed by atoms with Crippen LogP contribution in [0, 0.1) is 0 Å². The van der Waals surface area contributed by atoms with Crippen LogP contribution >= 0.6 is 0 Å². The van der Waals surface area contributed by atoms with Gasteiger partial charge in [-0.2, -0.15) is 0 Å². The second-order valence-corrected chi connectivity index (χ2v) is 8.50. The lowest BCUT2D eigenvalue weighted by Gasteiger charge is -2.30. The third-order valence-electron chi connectivity index (χ3n) is 4.16. The van der Waals surface area contributed by atoms with Crippen molar-refractivity contribution in [1.29, 1.82) is 0 Å². The van der Waals surface area contributed by atoms with Crippen molar-refractivity contribution in [1.82, 2.24) is 10.2 Å². The number of nitrogens with one attached hydrogen (secondary N) is 1. The van der Waals surface area contributed by atoms with Crippen molar-refractivity contribution in [2.45, 2.75) is 63.6 Å². The quantitative estimate of drug-likeness (QED) is 0.745. The summed E-state index contributed by atoms with van der Waals surface area (Å²) in [7, 11) is -3.10. The molecular weight excluding hydrogens is 292 g/mol. The maximum atomic E-state index is 12.4. The molecule has 0 aromatic heterocycles. The van der Waals surface area contributed by atoms with Gasteiger partial charge in [0.25, 0.3) is 0 Å². The van der Waals surface area contributed by atoms with Gasteiger partial charge in [-0.25, -0.2) is 8.42 Å². The third kappa shape index (κ3) is 4.26. The molecule has 2 atom stereocenters. The molecule has 1 saturated heterocycles. The molecule has 120 valence electrons. The average Bonchev–Trinajstić information content (AvgIpc) is 2.63. The van der Waals surface area contributed by atoms with E-state index in [4.69, 9.17) is 0 Å². The van der Waals surface area contributed by atoms with Crippen LogP contribution in [-0.2, 0) is 19.4 Å². The van der Waals surface area contributed by atoms with Gasteiger partial charge in [-0.1, -0.05) is 19.3 Å². The predicted octanol–water partition coefficient (Wildman–Crippen LogP) is 0.469. The molecule has 1 aliphatic heterocycles. The van der Waals surface area contributed by atoms with Gasteiger partial charge in [0.2, 0.25) is 11.8 Å². The van der Waals surface area contributed by atoms with Gasteiger partial charge >= 0.3 is 0 Å². The first-order valence-electron chi connectivity index (χ1n) is 7.57. The van der Waals surface area contributed by atoms with Crippen LogP contribution < -0.4 is 5.32 Å². The zero-order valence-electron chi connectivity index (χ0n) is 12.7. The van der Waals surface area contributed by atoms with E-state index in [0.717, 1.165) is 25.7 Å². The number of rotatable bonds is 5. The van der Waals surface area contributed by atoms with Crippen LogP contribution in [0.3, 0.4) is 0 Å². The van der Waals surface area contributed by atoms with E-state index in [2.05, 4.69) is 5.32 Å². The Hall–Kier alpha value is -0.950. The van der Waals surface area contributed by atoms with E-state index in [-0.39, 0.29) is 36.1 Å². The molecule has 21 heavy (non-hydrogen) atoms. The first-order chi connectivity index (χ1) is 9.78. The first-order valence-corrected chi connectivity index (χ1v) is 9.63. The summed E-state index contributed by atoms with van der Waals surface area (Å²) in [5.41, 5.74) is 0. The molecule has 2 aliphatic rings. The van der Waals surface area contributed by atoms with Crippen molar-refractivity contribution in [2.24, 2.45) is 0 Å². The second kappa shape index (κ2) is 6.44. The summed E-state index contributed by atoms with van der Waals surface area (Å²) in [6.45, 7) is 1.72. The largest absolute Gasteiger partial charge is 0.302 e. The first kappa shape index (κ1) is 16.4. The number of hydrogen-bond acceptors (Lipinski definition) is 5. The maximum absolute atomic E-state index is 12.4. The molecule has 2 fully saturated rings. The highest BCUT2D eigenvalue weighted by Crippen LogP contribution is 2.27. The Kier molecular flexibility index (Phi) is 5.03. The zero-order valence-corrected chi connectivity index (χ0v) is 13.5. The smallest absolute Gasteiger partial charge is 0.247 e. The summed E-state index contributed by atoms with van der Waals surface area (Å²) in [5.74, 6) is -0.350. The van der Waals surface area contributed by atoms with E-state index in [9.17, 15) is 18.0 Å². The van der Waals surface area contributed by atoms with Crippen molar-refractivity contribution >= 4 is 21.7 Å². The van der Waals surface area contributed by atoms with Gasteiger partial charge in [0.1, 0.15) is 9.84 Å². The van der Waals surface area contributed by atoms with E-state index in [1.54, 1.807) is 6.92 Å². The van der Waals surface area contributed by atoms with Crippen molar-refractivity contribution in [3.8, 4) is 0 Å². The van der Waals surface area contributed by atoms with Crippen molar-refractivity contribution in [3.05, 3.63) is 0 Å². The zero-order chi connectivity index (χ0) is 15.6. The van der Waals surface area contributed by atoms with Gasteiger partial charge in [-0.3, -0.25) is 14.5 Å². The molecule has 0 spiro atoms. The van der Waals surface area contributed by atoms with Crippen LogP contribution in [0.5, 0.6) is 0 Å². The van der Waals surface area contributed by atoms with E-state index in [1.807, 2.05) is 0 Å². The van der Waals surface area contributed by atoms with Crippen LogP contribution in [0.2, 0.25) is 0 Å². The number of carbonyl (C=O) groups excluding carboxylic acids is 2. The number of amides is 2. The summed E-state index contributed by atoms with van der Waals surface area (Å²) in [6.07, 6.45) is 6.38. The van der Waals surface area contributed by atoms with Crippen LogP contribution in [-0.4, -0.2) is 55.3 Å². The van der Waals surface area contributed by atoms with Gasteiger partial charge in [-0.05, 0) is 19.8 Å². The Morgan fingerprint density at radius 3 is 2.43 bits per heavy atom. The Morgan fingerprint density at radius 2 is 1.86 bits per heavy atom. The fourth-order valence-corrected chi connectivity index (χ4v) is 4.35. The molecule has 0 aromatic rings. The highest BCUT2D eigenvalue weighted by Gasteiger charge is 2.42. The molecule has 0 aromatic carbocycles. The lowest BCUT2D eigenvalue weighted by molar-refractivity contribution is -0.142. The maximum Gasteiger partial charge on any atom is 0.247 e. The van der Waals surface area contributed by atoms with Crippen LogP contribution in [0.25, 0.3) is 0 Å². The topological polar surface area (TPSA) is 83.6 Å². The fourth-order valence-electron chi connectivity index (χ4n) is 3.35. The van der Waals surface area contributed by atoms with Crippen molar-refractivity contribution in [2.75, 3.05) is 12.0 Å². The molecule has 1 heterocycles. The summed E-state index contributed by atoms with van der Waals surface area (Å²) in [4.78, 5) is 25.9. The molecule has 0 bridgehead atoms. The Balaban J connectivity index is 1.97. The summed E-state index contributed by atoms with van der Waals surface area (Å²) >= 11 is 0. The van der Waals surface area contributed by atoms with Gasteiger partial charge < -0.3 is 5.32 Å².